The molecule has 0 aromatic heterocycles. The van der Waals surface area contributed by atoms with Gasteiger partial charge in [0.15, 0.2) is 0 Å². The van der Waals surface area contributed by atoms with Crippen molar-refractivity contribution >= 4 is 44.9 Å². The molecule has 0 aliphatic carbocycles. The molecule has 6 aromatic rings. The lowest BCUT2D eigenvalue weighted by molar-refractivity contribution is 0.0682. The van der Waals surface area contributed by atoms with Crippen molar-refractivity contribution in [2.24, 2.45) is 0 Å². The smallest absolute Gasteiger partial charge is 0.339 e. The summed E-state index contributed by atoms with van der Waals surface area (Å²) in [6.45, 7) is 9.24. The maximum atomic E-state index is 11.6. The Morgan fingerprint density at radius 1 is 0.574 bits per heavy atom. The molecule has 0 amide bonds. The molecule has 0 saturated carbocycles. The van der Waals surface area contributed by atoms with Crippen molar-refractivity contribution in [2.75, 3.05) is 64.2 Å². The highest BCUT2D eigenvalue weighted by atomic mass is 16.4. The van der Waals surface area contributed by atoms with Crippen LogP contribution in [0.5, 0.6) is 11.5 Å². The number of unbranched alkanes of at least 4 members (excludes halogenated alkanes) is 2. The molecule has 5 N–H and O–H groups in total. The van der Waals surface area contributed by atoms with Crippen LogP contribution in [0.2, 0.25) is 0 Å². The highest BCUT2D eigenvalue weighted by Gasteiger charge is 2.23. The fourth-order valence-corrected chi connectivity index (χ4v) is 7.69. The first-order chi connectivity index (χ1) is 29.3. The third-order valence-electron chi connectivity index (χ3n) is 11.2. The number of benzene rings is 6. The molecular weight excluding hydrogens is 765 g/mol. The van der Waals surface area contributed by atoms with Gasteiger partial charge in [0.05, 0.1) is 6.04 Å². The van der Waals surface area contributed by atoms with E-state index >= 15 is 0 Å². The number of carboxylic acids is 2. The van der Waals surface area contributed by atoms with Crippen LogP contribution in [0.3, 0.4) is 0 Å². The van der Waals surface area contributed by atoms with Gasteiger partial charge in [-0.25, -0.2) is 9.59 Å². The Morgan fingerprint density at radius 2 is 0.967 bits per heavy atom. The van der Waals surface area contributed by atoms with Gasteiger partial charge in [-0.2, -0.15) is 0 Å². The number of nitrogens with zero attached hydrogens (tertiary/aromatic N) is 3. The largest absolute Gasteiger partial charge is 0.507 e. The lowest BCUT2D eigenvalue weighted by Crippen LogP contribution is -2.31. The standard InChI is InChI=1S/C28H46N4.C23H16O6/c1-7-9-21-32(22-10-8-2)23-11-20-29-28(24-12-16-26(17-13-24)30(3)4)25-14-18-27(19-15-25)31(5)6;24-20-16(14-7-3-1-5-12(14)9-18(20)22(26)27)11-17-15-8-4-2-6-13(15)10-19(21(17)25)23(28)29/h12-19,28-29H,7-11,20-23H2,1-6H3;1-10,24-25H,11H2,(H,26,27)(H,28,29). The van der Waals surface area contributed by atoms with Crippen LogP contribution in [0.4, 0.5) is 11.4 Å². The first-order valence-electron chi connectivity index (χ1n) is 21.3. The van der Waals surface area contributed by atoms with Crippen molar-refractivity contribution in [3.8, 4) is 11.5 Å². The van der Waals surface area contributed by atoms with Crippen LogP contribution in [-0.2, 0) is 6.42 Å². The third-order valence-corrected chi connectivity index (χ3v) is 11.2. The number of hydrogen-bond acceptors (Lipinski definition) is 8. The van der Waals surface area contributed by atoms with E-state index in [0.717, 1.165) is 6.54 Å². The molecule has 0 aliphatic heterocycles. The number of fused-ring (bicyclic) bond motifs is 2. The van der Waals surface area contributed by atoms with Crippen molar-refractivity contribution in [2.45, 2.75) is 58.4 Å². The van der Waals surface area contributed by atoms with Crippen LogP contribution in [0.1, 0.15) is 95.0 Å². The Bertz CT molecular complexity index is 2220. The molecule has 0 aliphatic rings. The molecule has 0 saturated heterocycles. The minimum atomic E-state index is -1.28. The van der Waals surface area contributed by atoms with Gasteiger partial charge in [0.25, 0.3) is 0 Å². The zero-order valence-electron chi connectivity index (χ0n) is 36.5. The summed E-state index contributed by atoms with van der Waals surface area (Å²) in [5.41, 5.74) is 5.22. The summed E-state index contributed by atoms with van der Waals surface area (Å²) < 4.78 is 0. The molecule has 322 valence electrons. The molecular formula is C51H62N4O6. The van der Waals surface area contributed by atoms with Crippen molar-refractivity contribution in [1.29, 1.82) is 0 Å². The van der Waals surface area contributed by atoms with Crippen LogP contribution < -0.4 is 15.1 Å². The molecule has 10 heteroatoms. The molecule has 0 fully saturated rings. The molecule has 0 unspecified atom stereocenters. The summed E-state index contributed by atoms with van der Waals surface area (Å²) in [7, 11) is 8.36. The molecule has 0 spiro atoms. The number of anilines is 2. The van der Waals surface area contributed by atoms with Crippen LogP contribution >= 0.6 is 0 Å². The van der Waals surface area contributed by atoms with Gasteiger partial charge in [-0.05, 0) is 115 Å². The van der Waals surface area contributed by atoms with Gasteiger partial charge in [-0.15, -0.1) is 0 Å². The van der Waals surface area contributed by atoms with E-state index in [1.54, 1.807) is 48.5 Å². The van der Waals surface area contributed by atoms with Gasteiger partial charge in [-0.1, -0.05) is 99.5 Å². The van der Waals surface area contributed by atoms with Crippen molar-refractivity contribution in [3.05, 3.63) is 143 Å². The number of phenols is 2. The van der Waals surface area contributed by atoms with E-state index in [4.69, 9.17) is 0 Å². The number of carboxylic acid groups (broad SMARTS) is 2. The van der Waals surface area contributed by atoms with Gasteiger partial charge in [0, 0.05) is 57.1 Å². The van der Waals surface area contributed by atoms with Crippen LogP contribution in [0.15, 0.2) is 109 Å². The number of aromatic hydroxyl groups is 2. The summed E-state index contributed by atoms with van der Waals surface area (Å²) in [5.74, 6) is -3.36. The van der Waals surface area contributed by atoms with Gasteiger partial charge < -0.3 is 40.4 Å². The van der Waals surface area contributed by atoms with E-state index in [2.05, 4.69) is 111 Å². The lowest BCUT2D eigenvalue weighted by atomic mass is 9.90. The average Bonchev–Trinajstić information content (AvgIpc) is 3.25. The SMILES string of the molecule is CCCCN(CCCC)CCCNC(c1ccc(N(C)C)cc1)c1ccc(N(C)C)cc1.O=C(O)c1cc2ccccc2c(Cc2c(O)c(C(=O)O)cc3ccccc23)c1O. The topological polar surface area (TPSA) is 137 Å². The molecule has 0 bridgehead atoms. The molecule has 61 heavy (non-hydrogen) atoms. The van der Waals surface area contributed by atoms with Gasteiger partial charge in [0.1, 0.15) is 22.6 Å². The van der Waals surface area contributed by atoms with Gasteiger partial charge in [-0.3, -0.25) is 0 Å². The fraction of sp³-hybridized carbons (Fsp3) is 0.333. The monoisotopic (exact) mass is 826 g/mol. The molecule has 10 nitrogen and oxygen atoms in total. The minimum Gasteiger partial charge on any atom is -0.507 e. The predicted molar refractivity (Wildman–Crippen MR) is 250 cm³/mol. The van der Waals surface area contributed by atoms with Crippen molar-refractivity contribution in [3.63, 3.8) is 0 Å². The van der Waals surface area contributed by atoms with Crippen molar-refractivity contribution in [1.82, 2.24) is 10.2 Å². The normalized spacial score (nSPS) is 11.2. The van der Waals surface area contributed by atoms with E-state index in [-0.39, 0.29) is 23.6 Å². The molecule has 0 radical (unpaired) electrons. The predicted octanol–water partition coefficient (Wildman–Crippen LogP) is 10.2. The van der Waals surface area contributed by atoms with Crippen molar-refractivity contribution < 1.29 is 30.0 Å². The van der Waals surface area contributed by atoms with E-state index in [1.165, 1.54) is 86.4 Å². The van der Waals surface area contributed by atoms with Gasteiger partial charge >= 0.3 is 11.9 Å². The maximum absolute atomic E-state index is 11.6. The summed E-state index contributed by atoms with van der Waals surface area (Å²) in [4.78, 5) is 30.2. The number of aromatic carboxylic acids is 2. The van der Waals surface area contributed by atoms with Crippen LogP contribution in [0.25, 0.3) is 21.5 Å². The maximum Gasteiger partial charge on any atom is 0.339 e. The molecule has 0 heterocycles. The Balaban J connectivity index is 0.000000232. The summed E-state index contributed by atoms with van der Waals surface area (Å²) in [6, 6.07) is 34.9. The summed E-state index contributed by atoms with van der Waals surface area (Å²) in [5, 5.41) is 46.7. The molecule has 6 rings (SSSR count). The number of hydrogen-bond donors (Lipinski definition) is 5. The number of carbonyl (C=O) groups is 2. The second-order valence-electron chi connectivity index (χ2n) is 16.0. The average molecular weight is 827 g/mol. The Kier molecular flexibility index (Phi) is 16.5. The second kappa shape index (κ2) is 21.9. The lowest BCUT2D eigenvalue weighted by Gasteiger charge is -2.24. The van der Waals surface area contributed by atoms with E-state index < -0.39 is 23.4 Å². The molecule has 6 aromatic carbocycles. The van der Waals surface area contributed by atoms with Crippen LogP contribution in [-0.4, -0.2) is 91.6 Å². The van der Waals surface area contributed by atoms with E-state index in [9.17, 15) is 30.0 Å². The van der Waals surface area contributed by atoms with Gasteiger partial charge in [0.2, 0.25) is 0 Å². The second-order valence-corrected chi connectivity index (χ2v) is 16.0. The fourth-order valence-electron chi connectivity index (χ4n) is 7.69. The number of rotatable bonds is 19. The summed E-state index contributed by atoms with van der Waals surface area (Å²) >= 11 is 0. The summed E-state index contributed by atoms with van der Waals surface area (Å²) in [6.07, 6.45) is 6.28. The van der Waals surface area contributed by atoms with E-state index in [0.29, 0.717) is 32.7 Å². The zero-order valence-corrected chi connectivity index (χ0v) is 36.5. The Labute approximate surface area is 360 Å². The third kappa shape index (κ3) is 11.8. The van der Waals surface area contributed by atoms with Crippen LogP contribution in [0, 0.1) is 0 Å². The zero-order chi connectivity index (χ0) is 44.1. The first-order valence-corrected chi connectivity index (χ1v) is 21.3. The quantitative estimate of drug-likeness (QED) is 0.0502. The van der Waals surface area contributed by atoms with E-state index in [1.807, 2.05) is 0 Å². The molecule has 0 atom stereocenters. The highest BCUT2D eigenvalue weighted by Crippen LogP contribution is 2.39. The minimum absolute atomic E-state index is 0.0407. The first kappa shape index (κ1) is 46.0. The highest BCUT2D eigenvalue weighted by molar-refractivity contribution is 6.02. The Hall–Kier alpha value is -6.10. The Morgan fingerprint density at radius 3 is 1.34 bits per heavy atom. The number of nitrogens with one attached hydrogen (secondary N) is 1.